The number of nitrogens with zero attached hydrogens (tertiary/aromatic N) is 2. The van der Waals surface area contributed by atoms with Crippen molar-refractivity contribution in [1.29, 1.82) is 0 Å². The summed E-state index contributed by atoms with van der Waals surface area (Å²) in [5, 5.41) is 18.8. The van der Waals surface area contributed by atoms with Crippen LogP contribution in [0.5, 0.6) is 5.75 Å². The summed E-state index contributed by atoms with van der Waals surface area (Å²) in [6, 6.07) is 6.11. The van der Waals surface area contributed by atoms with Crippen LogP contribution in [0.4, 0.5) is 0 Å². The number of aromatic amines is 2. The van der Waals surface area contributed by atoms with Crippen molar-refractivity contribution in [2.75, 3.05) is 0 Å². The number of carboxylic acids is 1. The molecule has 0 bridgehead atoms. The van der Waals surface area contributed by atoms with E-state index < -0.39 is 23.6 Å². The monoisotopic (exact) mass is 436 g/mol. The molecule has 2 aromatic heterocycles. The van der Waals surface area contributed by atoms with Crippen molar-refractivity contribution in [2.24, 2.45) is 0 Å². The van der Waals surface area contributed by atoms with E-state index >= 15 is 0 Å². The van der Waals surface area contributed by atoms with Crippen molar-refractivity contribution in [3.05, 3.63) is 91.1 Å². The van der Waals surface area contributed by atoms with Crippen LogP contribution in [-0.2, 0) is 16.8 Å². The molecule has 0 aliphatic carbocycles. The van der Waals surface area contributed by atoms with E-state index in [-0.39, 0.29) is 27.4 Å². The molecular formula is C23H24N4O5. The Hall–Kier alpha value is -4.14. The number of hydrogen-bond acceptors (Lipinski definition) is 5. The van der Waals surface area contributed by atoms with Gasteiger partial charge >= 0.3 is 5.97 Å². The number of rotatable bonds is 5. The maximum Gasteiger partial charge on any atom is 0.332 e. The van der Waals surface area contributed by atoms with Crippen LogP contribution in [0.15, 0.2) is 52.3 Å². The lowest BCUT2D eigenvalue weighted by molar-refractivity contribution is -0.132. The van der Waals surface area contributed by atoms with Crippen molar-refractivity contribution in [1.82, 2.24) is 19.5 Å². The van der Waals surface area contributed by atoms with Crippen molar-refractivity contribution >= 4 is 18.1 Å². The maximum atomic E-state index is 13.3. The fourth-order valence-corrected chi connectivity index (χ4v) is 3.20. The predicted octanol–water partition coefficient (Wildman–Crippen LogP) is 0.561. The standard InChI is InChI=1S/C23H24N4O5/c1-13(22(31)32)11-27-18(9-14-6-5-7-15(28)8-14)20(29)26-17(21(27)30)10-16-19(23(2,3)4)25-12-24-16/h5-10,12,28H,1,11H2,2-4H3,(H,24,25)(H,26,29)(H,31,32)/b17-10-,18-9-. The van der Waals surface area contributed by atoms with Crippen LogP contribution in [0.25, 0.3) is 12.2 Å². The number of carbonyl (C=O) groups is 1. The van der Waals surface area contributed by atoms with E-state index in [9.17, 15) is 24.6 Å². The van der Waals surface area contributed by atoms with Gasteiger partial charge in [-0.25, -0.2) is 9.78 Å². The number of benzene rings is 1. The van der Waals surface area contributed by atoms with Crippen LogP contribution in [0, 0.1) is 0 Å². The van der Waals surface area contributed by atoms with Crippen molar-refractivity contribution < 1.29 is 15.0 Å². The fourth-order valence-electron chi connectivity index (χ4n) is 3.20. The van der Waals surface area contributed by atoms with Crippen LogP contribution < -0.4 is 21.8 Å². The summed E-state index contributed by atoms with van der Waals surface area (Å²) >= 11 is 0. The van der Waals surface area contributed by atoms with Gasteiger partial charge < -0.3 is 20.2 Å². The zero-order chi connectivity index (χ0) is 23.6. The average Bonchev–Trinajstić information content (AvgIpc) is 3.17. The van der Waals surface area contributed by atoms with Gasteiger partial charge in [0.05, 0.1) is 18.6 Å². The molecule has 9 nitrogen and oxygen atoms in total. The van der Waals surface area contributed by atoms with Crippen LogP contribution in [0.3, 0.4) is 0 Å². The molecule has 0 saturated heterocycles. The van der Waals surface area contributed by atoms with Crippen LogP contribution in [0.1, 0.15) is 37.7 Å². The van der Waals surface area contributed by atoms with E-state index in [1.54, 1.807) is 12.1 Å². The molecule has 0 fully saturated rings. The Labute approximate surface area is 182 Å². The summed E-state index contributed by atoms with van der Waals surface area (Å²) in [4.78, 5) is 47.4. The molecule has 1 aromatic carbocycles. The summed E-state index contributed by atoms with van der Waals surface area (Å²) in [6.45, 7) is 9.01. The van der Waals surface area contributed by atoms with Gasteiger partial charge in [-0.05, 0) is 29.8 Å². The highest BCUT2D eigenvalue weighted by molar-refractivity contribution is 5.85. The minimum atomic E-state index is -1.28. The Bertz CT molecular complexity index is 1430. The number of aliphatic carboxylic acids is 1. The van der Waals surface area contributed by atoms with E-state index in [4.69, 9.17) is 0 Å². The molecule has 0 spiro atoms. The van der Waals surface area contributed by atoms with Gasteiger partial charge in [0.1, 0.15) is 16.4 Å². The van der Waals surface area contributed by atoms with E-state index in [0.717, 1.165) is 10.3 Å². The smallest absolute Gasteiger partial charge is 0.332 e. The number of hydrogen-bond donors (Lipinski definition) is 4. The molecule has 9 heteroatoms. The quantitative estimate of drug-likeness (QED) is 0.431. The van der Waals surface area contributed by atoms with Gasteiger partial charge in [-0.3, -0.25) is 14.2 Å². The van der Waals surface area contributed by atoms with Gasteiger partial charge in [0.25, 0.3) is 11.1 Å². The van der Waals surface area contributed by atoms with E-state index in [1.807, 2.05) is 20.8 Å². The number of aromatic nitrogens is 4. The number of carboxylic acid groups (broad SMARTS) is 1. The third-order valence-electron chi connectivity index (χ3n) is 4.77. The summed E-state index contributed by atoms with van der Waals surface area (Å²) in [7, 11) is 0. The Morgan fingerprint density at radius 1 is 1.25 bits per heavy atom. The summed E-state index contributed by atoms with van der Waals surface area (Å²) in [5.41, 5.74) is -0.0462. The van der Waals surface area contributed by atoms with Gasteiger partial charge in [0.2, 0.25) is 0 Å². The largest absolute Gasteiger partial charge is 0.508 e. The number of phenols is 1. The average molecular weight is 436 g/mol. The number of imidazole rings is 1. The number of nitrogens with one attached hydrogen (secondary N) is 2. The van der Waals surface area contributed by atoms with Gasteiger partial charge in [0.15, 0.2) is 0 Å². The molecule has 0 radical (unpaired) electrons. The number of phenolic OH excluding ortho intramolecular Hbond substituents is 1. The van der Waals surface area contributed by atoms with Crippen molar-refractivity contribution in [2.45, 2.75) is 32.7 Å². The lowest BCUT2D eigenvalue weighted by atomic mass is 9.90. The summed E-state index contributed by atoms with van der Waals surface area (Å²) in [6.07, 6.45) is 4.35. The highest BCUT2D eigenvalue weighted by Crippen LogP contribution is 2.22. The van der Waals surface area contributed by atoms with Crippen molar-refractivity contribution in [3.8, 4) is 5.75 Å². The second-order valence-electron chi connectivity index (χ2n) is 8.35. The minimum absolute atomic E-state index is 0.0165. The lowest BCUT2D eigenvalue weighted by Gasteiger charge is -2.17. The van der Waals surface area contributed by atoms with Crippen molar-refractivity contribution in [3.63, 3.8) is 0 Å². The third-order valence-corrected chi connectivity index (χ3v) is 4.77. The second kappa shape index (κ2) is 8.54. The molecule has 2 heterocycles. The van der Waals surface area contributed by atoms with Gasteiger partial charge in [0, 0.05) is 16.7 Å². The first-order valence-electron chi connectivity index (χ1n) is 9.78. The topological polar surface area (TPSA) is 141 Å². The second-order valence-corrected chi connectivity index (χ2v) is 8.35. The van der Waals surface area contributed by atoms with E-state index in [2.05, 4.69) is 21.5 Å². The predicted molar refractivity (Wildman–Crippen MR) is 120 cm³/mol. The fraction of sp³-hybridized carbons (Fsp3) is 0.217. The maximum absolute atomic E-state index is 13.3. The Kier molecular flexibility index (Phi) is 6.02. The van der Waals surface area contributed by atoms with E-state index in [1.165, 1.54) is 30.6 Å². The Morgan fingerprint density at radius 2 is 1.97 bits per heavy atom. The van der Waals surface area contributed by atoms with Gasteiger partial charge in [-0.2, -0.15) is 0 Å². The van der Waals surface area contributed by atoms with Gasteiger partial charge in [-0.1, -0.05) is 39.5 Å². The van der Waals surface area contributed by atoms with E-state index in [0.29, 0.717) is 11.3 Å². The Morgan fingerprint density at radius 3 is 2.59 bits per heavy atom. The Balaban J connectivity index is 2.33. The molecule has 0 saturated carbocycles. The first-order chi connectivity index (χ1) is 15.0. The molecule has 0 atom stereocenters. The highest BCUT2D eigenvalue weighted by atomic mass is 16.4. The zero-order valence-electron chi connectivity index (χ0n) is 18.0. The molecule has 0 unspecified atom stereocenters. The first kappa shape index (κ1) is 22.5. The summed E-state index contributed by atoms with van der Waals surface area (Å²) < 4.78 is 1.05. The van der Waals surface area contributed by atoms with Crippen LogP contribution in [-0.4, -0.2) is 35.7 Å². The normalized spacial score (nSPS) is 12.8. The first-order valence-corrected chi connectivity index (χ1v) is 9.78. The highest BCUT2D eigenvalue weighted by Gasteiger charge is 2.19. The molecule has 0 amide bonds. The zero-order valence-corrected chi connectivity index (χ0v) is 18.0. The molecule has 4 N–H and O–H groups in total. The van der Waals surface area contributed by atoms with Crippen LogP contribution >= 0.6 is 0 Å². The number of aromatic hydroxyl groups is 1. The lowest BCUT2D eigenvalue weighted by Crippen LogP contribution is -2.53. The molecule has 0 aliphatic heterocycles. The minimum Gasteiger partial charge on any atom is -0.508 e. The molecule has 166 valence electrons. The molecule has 0 aliphatic rings. The van der Waals surface area contributed by atoms with Crippen LogP contribution in [0.2, 0.25) is 0 Å². The molecule has 3 rings (SSSR count). The third kappa shape index (κ3) is 4.77. The summed E-state index contributed by atoms with van der Waals surface area (Å²) in [5.74, 6) is -1.30. The number of H-pyrrole nitrogens is 2. The SMILES string of the molecule is C=C(Cn1c(=O)/c(=C/c2nc[nH]c2C(C)(C)C)[nH]c(=O)/c1=C/c1cccc(O)c1)C(=O)O. The van der Waals surface area contributed by atoms with Gasteiger partial charge in [-0.15, -0.1) is 0 Å². The molecule has 32 heavy (non-hydrogen) atoms. The molecule has 3 aromatic rings. The molecular weight excluding hydrogens is 412 g/mol.